The van der Waals surface area contributed by atoms with Crippen LogP contribution in [0.25, 0.3) is 11.0 Å². The van der Waals surface area contributed by atoms with Gasteiger partial charge in [-0.15, -0.1) is 0 Å². The first-order valence-corrected chi connectivity index (χ1v) is 9.12. The molecule has 1 aromatic carbocycles. The predicted octanol–water partition coefficient (Wildman–Crippen LogP) is 3.87. The van der Waals surface area contributed by atoms with Gasteiger partial charge in [-0.25, -0.2) is 9.78 Å². The van der Waals surface area contributed by atoms with Crippen LogP contribution in [-0.4, -0.2) is 32.6 Å². The van der Waals surface area contributed by atoms with Crippen LogP contribution in [0.15, 0.2) is 36.4 Å². The number of amides is 1. The molecule has 2 heterocycles. The second-order valence-corrected chi connectivity index (χ2v) is 6.75. The average Bonchev–Trinajstić information content (AvgIpc) is 2.92. The van der Waals surface area contributed by atoms with Crippen LogP contribution < -0.4 is 10.1 Å². The molecule has 0 saturated heterocycles. The lowest BCUT2D eigenvalue weighted by Crippen LogP contribution is -2.14. The average molecular weight is 381 g/mol. The van der Waals surface area contributed by atoms with E-state index in [0.717, 1.165) is 5.56 Å². The molecule has 0 bridgehead atoms. The maximum Gasteiger partial charge on any atom is 0.356 e. The Balaban J connectivity index is 2.15. The summed E-state index contributed by atoms with van der Waals surface area (Å²) >= 11 is 0. The highest BCUT2D eigenvalue weighted by atomic mass is 16.5. The number of nitrogens with zero attached hydrogens (tertiary/aromatic N) is 2. The van der Waals surface area contributed by atoms with Gasteiger partial charge in [0, 0.05) is 12.6 Å². The minimum atomic E-state index is -1.09. The van der Waals surface area contributed by atoms with Gasteiger partial charge in [0.25, 0.3) is 5.91 Å². The number of ether oxygens (including phenoxy) is 1. The van der Waals surface area contributed by atoms with Gasteiger partial charge >= 0.3 is 5.97 Å². The molecule has 0 radical (unpaired) electrons. The van der Waals surface area contributed by atoms with Gasteiger partial charge < -0.3 is 19.7 Å². The summed E-state index contributed by atoms with van der Waals surface area (Å²) in [7, 11) is 1.67. The monoisotopic (exact) mass is 381 g/mol. The number of aromatic nitrogens is 2. The zero-order valence-electron chi connectivity index (χ0n) is 16.3. The third-order valence-electron chi connectivity index (χ3n) is 4.41. The summed E-state index contributed by atoms with van der Waals surface area (Å²) in [6.07, 6.45) is 0.403. The number of aromatic carboxylic acids is 1. The standard InChI is InChI=1S/C21H23N3O4/c1-5-13-11-15-16(18(28-12(2)3)17(21(26)27)24(15)4)22-19(13)23-20(25)14-9-7-6-8-10-14/h6-12H,5H2,1-4H3,(H,26,27)(H,22,23,25). The Morgan fingerprint density at radius 3 is 2.50 bits per heavy atom. The fourth-order valence-electron chi connectivity index (χ4n) is 3.09. The molecule has 2 N–H and O–H groups in total. The second kappa shape index (κ2) is 7.72. The molecule has 0 spiro atoms. The number of fused-ring (bicyclic) bond motifs is 1. The number of carbonyl (C=O) groups is 2. The van der Waals surface area contributed by atoms with Gasteiger partial charge in [0.15, 0.2) is 11.4 Å². The Morgan fingerprint density at radius 2 is 1.93 bits per heavy atom. The number of carbonyl (C=O) groups excluding carboxylic acids is 1. The van der Waals surface area contributed by atoms with Crippen molar-refractivity contribution in [3.05, 3.63) is 53.2 Å². The lowest BCUT2D eigenvalue weighted by Gasteiger charge is -2.12. The summed E-state index contributed by atoms with van der Waals surface area (Å²) in [5.74, 6) is -0.759. The fourth-order valence-corrected chi connectivity index (χ4v) is 3.09. The molecule has 0 aliphatic rings. The Kier molecular flexibility index (Phi) is 5.35. The molecule has 3 rings (SSSR count). The Hall–Kier alpha value is -3.35. The van der Waals surface area contributed by atoms with Crippen LogP contribution in [0.3, 0.4) is 0 Å². The highest BCUT2D eigenvalue weighted by Crippen LogP contribution is 2.34. The van der Waals surface area contributed by atoms with Crippen molar-refractivity contribution in [2.24, 2.45) is 7.05 Å². The van der Waals surface area contributed by atoms with Gasteiger partial charge in [-0.05, 0) is 44.0 Å². The number of carboxylic acids is 1. The molecule has 7 heteroatoms. The van der Waals surface area contributed by atoms with Crippen molar-refractivity contribution in [1.82, 2.24) is 9.55 Å². The van der Waals surface area contributed by atoms with E-state index in [1.165, 1.54) is 0 Å². The number of hydrogen-bond acceptors (Lipinski definition) is 4. The summed E-state index contributed by atoms with van der Waals surface area (Å²) < 4.78 is 7.34. The number of benzene rings is 1. The van der Waals surface area contributed by atoms with Gasteiger partial charge in [0.1, 0.15) is 11.3 Å². The highest BCUT2D eigenvalue weighted by Gasteiger charge is 2.25. The Morgan fingerprint density at radius 1 is 1.25 bits per heavy atom. The van der Waals surface area contributed by atoms with E-state index >= 15 is 0 Å². The van der Waals surface area contributed by atoms with Crippen LogP contribution in [0.5, 0.6) is 5.75 Å². The van der Waals surface area contributed by atoms with Gasteiger partial charge in [-0.3, -0.25) is 4.79 Å². The molecule has 0 fully saturated rings. The number of rotatable bonds is 6. The van der Waals surface area contributed by atoms with Crippen molar-refractivity contribution in [2.45, 2.75) is 33.3 Å². The first kappa shape index (κ1) is 19.4. The first-order chi connectivity index (χ1) is 13.3. The number of nitrogens with one attached hydrogen (secondary N) is 1. The topological polar surface area (TPSA) is 93.4 Å². The Bertz CT molecular complexity index is 1040. The number of pyridine rings is 1. The molecule has 0 unspecified atom stereocenters. The van der Waals surface area contributed by atoms with E-state index in [2.05, 4.69) is 10.3 Å². The molecule has 2 aromatic heterocycles. The van der Waals surface area contributed by atoms with Crippen LogP contribution >= 0.6 is 0 Å². The minimum Gasteiger partial charge on any atom is -0.486 e. The van der Waals surface area contributed by atoms with Crippen LogP contribution in [0.4, 0.5) is 5.82 Å². The van der Waals surface area contributed by atoms with Gasteiger partial charge in [0.2, 0.25) is 0 Å². The molecule has 146 valence electrons. The van der Waals surface area contributed by atoms with Crippen LogP contribution in [0.1, 0.15) is 47.2 Å². The third kappa shape index (κ3) is 3.55. The second-order valence-electron chi connectivity index (χ2n) is 6.75. The van der Waals surface area contributed by atoms with E-state index in [1.54, 1.807) is 35.9 Å². The largest absolute Gasteiger partial charge is 0.486 e. The maximum atomic E-state index is 12.6. The SMILES string of the molecule is CCc1cc2c(nc1NC(=O)c1ccccc1)c(OC(C)C)c(C(=O)O)n2C. The zero-order chi connectivity index (χ0) is 20.4. The number of carboxylic acid groups (broad SMARTS) is 1. The lowest BCUT2D eigenvalue weighted by molar-refractivity contribution is 0.0680. The number of aryl methyl sites for hydroxylation is 2. The molecular weight excluding hydrogens is 358 g/mol. The first-order valence-electron chi connectivity index (χ1n) is 9.12. The molecule has 0 atom stereocenters. The molecule has 3 aromatic rings. The molecule has 0 aliphatic heterocycles. The van der Waals surface area contributed by atoms with Crippen LogP contribution in [0, 0.1) is 0 Å². The van der Waals surface area contributed by atoms with Crippen LogP contribution in [0.2, 0.25) is 0 Å². The molecule has 1 amide bonds. The van der Waals surface area contributed by atoms with E-state index in [0.29, 0.717) is 28.8 Å². The predicted molar refractivity (Wildman–Crippen MR) is 107 cm³/mol. The van der Waals surface area contributed by atoms with Crippen molar-refractivity contribution in [1.29, 1.82) is 0 Å². The van der Waals surface area contributed by atoms with Crippen molar-refractivity contribution in [3.63, 3.8) is 0 Å². The van der Waals surface area contributed by atoms with Crippen molar-refractivity contribution in [2.75, 3.05) is 5.32 Å². The quantitative estimate of drug-likeness (QED) is 0.676. The van der Waals surface area contributed by atoms with Gasteiger partial charge in [-0.1, -0.05) is 25.1 Å². The molecule has 0 saturated carbocycles. The lowest BCUT2D eigenvalue weighted by atomic mass is 10.1. The van der Waals surface area contributed by atoms with E-state index in [1.807, 2.05) is 32.9 Å². The molecule has 28 heavy (non-hydrogen) atoms. The summed E-state index contributed by atoms with van der Waals surface area (Å²) in [4.78, 5) is 29.0. The molecule has 0 aliphatic carbocycles. The van der Waals surface area contributed by atoms with Crippen molar-refractivity contribution < 1.29 is 19.4 Å². The molecular formula is C21H23N3O4. The third-order valence-corrected chi connectivity index (χ3v) is 4.41. The summed E-state index contributed by atoms with van der Waals surface area (Å²) in [6, 6.07) is 10.7. The molecule has 7 nitrogen and oxygen atoms in total. The van der Waals surface area contributed by atoms with Gasteiger partial charge in [0.05, 0.1) is 11.6 Å². The summed E-state index contributed by atoms with van der Waals surface area (Å²) in [6.45, 7) is 5.60. The zero-order valence-corrected chi connectivity index (χ0v) is 16.3. The summed E-state index contributed by atoms with van der Waals surface area (Å²) in [5.41, 5.74) is 2.41. The number of hydrogen-bond donors (Lipinski definition) is 2. The van der Waals surface area contributed by atoms with E-state index in [-0.39, 0.29) is 23.5 Å². The van der Waals surface area contributed by atoms with Crippen molar-refractivity contribution in [3.8, 4) is 5.75 Å². The highest BCUT2D eigenvalue weighted by molar-refractivity contribution is 6.05. The van der Waals surface area contributed by atoms with E-state index in [9.17, 15) is 14.7 Å². The minimum absolute atomic E-state index is 0.0322. The van der Waals surface area contributed by atoms with Crippen LogP contribution in [-0.2, 0) is 13.5 Å². The summed E-state index contributed by atoms with van der Waals surface area (Å²) in [5, 5.41) is 12.5. The Labute approximate surface area is 163 Å². The van der Waals surface area contributed by atoms with Crippen molar-refractivity contribution >= 4 is 28.7 Å². The number of anilines is 1. The smallest absolute Gasteiger partial charge is 0.356 e. The van der Waals surface area contributed by atoms with E-state index < -0.39 is 5.97 Å². The normalized spacial score (nSPS) is 11.0. The van der Waals surface area contributed by atoms with E-state index in [4.69, 9.17) is 4.74 Å². The fraction of sp³-hybridized carbons (Fsp3) is 0.286. The van der Waals surface area contributed by atoms with Gasteiger partial charge in [-0.2, -0.15) is 0 Å². The maximum absolute atomic E-state index is 12.6.